The van der Waals surface area contributed by atoms with Gasteiger partial charge in [0.2, 0.25) is 0 Å². The quantitative estimate of drug-likeness (QED) is 0.884. The minimum absolute atomic E-state index is 0.00693. The van der Waals surface area contributed by atoms with Crippen molar-refractivity contribution in [1.82, 2.24) is 14.9 Å². The summed E-state index contributed by atoms with van der Waals surface area (Å²) in [7, 11) is 0. The number of benzene rings is 1. The maximum Gasteiger partial charge on any atom is 0.262 e. The molecule has 4 rings (SSSR count). The van der Waals surface area contributed by atoms with Crippen LogP contribution in [-0.4, -0.2) is 39.8 Å². The molecule has 0 spiro atoms. The van der Waals surface area contributed by atoms with Crippen LogP contribution in [0.15, 0.2) is 30.6 Å². The summed E-state index contributed by atoms with van der Waals surface area (Å²) in [6, 6.07) is 5.10. The van der Waals surface area contributed by atoms with Crippen molar-refractivity contribution >= 4 is 17.5 Å². The van der Waals surface area contributed by atoms with E-state index in [9.17, 15) is 9.59 Å². The Morgan fingerprint density at radius 1 is 1.39 bits per heavy atom. The summed E-state index contributed by atoms with van der Waals surface area (Å²) in [5.41, 5.74) is 1.08. The average molecular weight is 312 g/mol. The number of nitrogens with one attached hydrogen (secondary N) is 2. The molecule has 0 bridgehead atoms. The Labute approximate surface area is 132 Å². The number of hydrogen-bond acceptors (Lipinski definition) is 4. The number of ether oxygens (including phenoxy) is 1. The van der Waals surface area contributed by atoms with Crippen LogP contribution >= 0.6 is 0 Å². The number of fused-ring (bicyclic) bond motifs is 1. The largest absolute Gasteiger partial charge is 0.482 e. The minimum Gasteiger partial charge on any atom is -0.482 e. The minimum atomic E-state index is -0.211. The Hall–Kier alpha value is -2.83. The van der Waals surface area contributed by atoms with Gasteiger partial charge < -0.3 is 19.9 Å². The van der Waals surface area contributed by atoms with Gasteiger partial charge in [-0.1, -0.05) is 0 Å². The Bertz CT molecular complexity index is 757. The predicted molar refractivity (Wildman–Crippen MR) is 82.2 cm³/mol. The molecule has 0 radical (unpaired) electrons. The fraction of sp³-hybridized carbons (Fsp3) is 0.312. The van der Waals surface area contributed by atoms with Crippen LogP contribution in [0.5, 0.6) is 5.75 Å². The van der Waals surface area contributed by atoms with Gasteiger partial charge in [0.25, 0.3) is 11.8 Å². The van der Waals surface area contributed by atoms with Crippen LogP contribution < -0.4 is 10.1 Å². The third-order valence-corrected chi connectivity index (χ3v) is 4.21. The number of amides is 2. The number of carbonyl (C=O) groups excluding carboxylic acids is 2. The second-order valence-electron chi connectivity index (χ2n) is 5.68. The fourth-order valence-corrected chi connectivity index (χ4v) is 3.14. The molecule has 3 heterocycles. The van der Waals surface area contributed by atoms with Crippen LogP contribution in [0.2, 0.25) is 0 Å². The first-order chi connectivity index (χ1) is 11.2. The van der Waals surface area contributed by atoms with E-state index in [2.05, 4.69) is 15.3 Å². The lowest BCUT2D eigenvalue weighted by atomic mass is 10.1. The smallest absolute Gasteiger partial charge is 0.262 e. The van der Waals surface area contributed by atoms with Crippen molar-refractivity contribution in [3.63, 3.8) is 0 Å². The number of carbonyl (C=O) groups is 2. The van der Waals surface area contributed by atoms with Crippen molar-refractivity contribution in [3.05, 3.63) is 42.0 Å². The highest BCUT2D eigenvalue weighted by atomic mass is 16.5. The Morgan fingerprint density at radius 3 is 3.13 bits per heavy atom. The van der Waals surface area contributed by atoms with Crippen molar-refractivity contribution < 1.29 is 14.3 Å². The van der Waals surface area contributed by atoms with E-state index in [1.165, 1.54) is 0 Å². The molecule has 2 amide bonds. The zero-order chi connectivity index (χ0) is 15.8. The van der Waals surface area contributed by atoms with E-state index in [-0.39, 0.29) is 24.5 Å². The van der Waals surface area contributed by atoms with Gasteiger partial charge in [-0.3, -0.25) is 9.59 Å². The van der Waals surface area contributed by atoms with Crippen LogP contribution in [0.3, 0.4) is 0 Å². The molecule has 118 valence electrons. The Kier molecular flexibility index (Phi) is 3.25. The molecule has 1 aromatic heterocycles. The van der Waals surface area contributed by atoms with E-state index in [0.29, 0.717) is 23.5 Å². The molecule has 1 unspecified atom stereocenters. The number of hydrogen-bond donors (Lipinski definition) is 2. The van der Waals surface area contributed by atoms with Gasteiger partial charge in [0.1, 0.15) is 11.6 Å². The summed E-state index contributed by atoms with van der Waals surface area (Å²) in [4.78, 5) is 33.5. The van der Waals surface area contributed by atoms with Gasteiger partial charge >= 0.3 is 0 Å². The summed E-state index contributed by atoms with van der Waals surface area (Å²) in [6.45, 7) is 0.705. The van der Waals surface area contributed by atoms with E-state index in [0.717, 1.165) is 18.7 Å². The first-order valence-corrected chi connectivity index (χ1v) is 7.59. The lowest BCUT2D eigenvalue weighted by molar-refractivity contribution is -0.118. The predicted octanol–water partition coefficient (Wildman–Crippen LogP) is 1.72. The Balaban J connectivity index is 1.61. The maximum atomic E-state index is 12.9. The highest BCUT2D eigenvalue weighted by Gasteiger charge is 2.32. The van der Waals surface area contributed by atoms with E-state index >= 15 is 0 Å². The molecular formula is C16H16N4O3. The number of imidazole rings is 1. The maximum absolute atomic E-state index is 12.9. The molecule has 0 saturated carbocycles. The number of nitrogens with zero attached hydrogens (tertiary/aromatic N) is 2. The second-order valence-corrected chi connectivity index (χ2v) is 5.68. The van der Waals surface area contributed by atoms with Crippen molar-refractivity contribution in [2.75, 3.05) is 18.5 Å². The molecule has 0 aliphatic carbocycles. The third kappa shape index (κ3) is 2.44. The normalized spacial score (nSPS) is 19.9. The highest BCUT2D eigenvalue weighted by Crippen LogP contribution is 2.33. The van der Waals surface area contributed by atoms with Crippen LogP contribution in [0.25, 0.3) is 0 Å². The first-order valence-electron chi connectivity index (χ1n) is 7.59. The third-order valence-electron chi connectivity index (χ3n) is 4.21. The van der Waals surface area contributed by atoms with Gasteiger partial charge in [0.15, 0.2) is 6.61 Å². The molecule has 7 nitrogen and oxygen atoms in total. The number of likely N-dealkylation sites (tertiary alicyclic amines) is 1. The van der Waals surface area contributed by atoms with E-state index in [1.54, 1.807) is 30.6 Å². The monoisotopic (exact) mass is 312 g/mol. The molecular weight excluding hydrogens is 296 g/mol. The average Bonchev–Trinajstić information content (AvgIpc) is 3.24. The number of rotatable bonds is 2. The molecule has 23 heavy (non-hydrogen) atoms. The van der Waals surface area contributed by atoms with Crippen LogP contribution in [-0.2, 0) is 4.79 Å². The zero-order valence-electron chi connectivity index (χ0n) is 12.4. The van der Waals surface area contributed by atoms with Gasteiger partial charge in [-0.2, -0.15) is 0 Å². The first kappa shape index (κ1) is 13.8. The van der Waals surface area contributed by atoms with Crippen LogP contribution in [0.4, 0.5) is 5.69 Å². The summed E-state index contributed by atoms with van der Waals surface area (Å²) in [5, 5.41) is 2.73. The fourth-order valence-electron chi connectivity index (χ4n) is 3.14. The standard InChI is InChI=1S/C16H16N4O3/c21-14-9-23-13-4-3-10(8-11(13)19-14)16(22)20-7-1-2-12(20)15-17-5-6-18-15/h3-6,8,12H,1-2,7,9H2,(H,17,18)(H,19,21). The number of aromatic amines is 1. The van der Waals surface area contributed by atoms with Crippen molar-refractivity contribution in [2.45, 2.75) is 18.9 Å². The number of anilines is 1. The molecule has 2 aliphatic rings. The topological polar surface area (TPSA) is 87.3 Å². The van der Waals surface area contributed by atoms with Gasteiger partial charge in [0, 0.05) is 24.5 Å². The number of aromatic nitrogens is 2. The molecule has 2 aliphatic heterocycles. The summed E-state index contributed by atoms with van der Waals surface area (Å²) < 4.78 is 5.32. The zero-order valence-corrected chi connectivity index (χ0v) is 12.4. The second kappa shape index (κ2) is 5.42. The van der Waals surface area contributed by atoms with Crippen molar-refractivity contribution in [3.8, 4) is 5.75 Å². The molecule has 7 heteroatoms. The summed E-state index contributed by atoms with van der Waals surface area (Å²) >= 11 is 0. The number of H-pyrrole nitrogens is 1. The lowest BCUT2D eigenvalue weighted by Crippen LogP contribution is -2.31. The van der Waals surface area contributed by atoms with E-state index < -0.39 is 0 Å². The molecule has 1 aromatic carbocycles. The van der Waals surface area contributed by atoms with Crippen LogP contribution in [0.1, 0.15) is 35.1 Å². The van der Waals surface area contributed by atoms with E-state index in [1.807, 2.05) is 4.90 Å². The Morgan fingerprint density at radius 2 is 2.30 bits per heavy atom. The van der Waals surface area contributed by atoms with E-state index in [4.69, 9.17) is 4.74 Å². The highest BCUT2D eigenvalue weighted by molar-refractivity contribution is 6.00. The summed E-state index contributed by atoms with van der Waals surface area (Å²) in [6.07, 6.45) is 5.30. The van der Waals surface area contributed by atoms with Crippen LogP contribution in [0, 0.1) is 0 Å². The lowest BCUT2D eigenvalue weighted by Gasteiger charge is -2.24. The van der Waals surface area contributed by atoms with Gasteiger partial charge in [-0.15, -0.1) is 0 Å². The molecule has 2 N–H and O–H groups in total. The molecule has 1 atom stereocenters. The van der Waals surface area contributed by atoms with Gasteiger partial charge in [-0.05, 0) is 31.0 Å². The van der Waals surface area contributed by atoms with Crippen molar-refractivity contribution in [1.29, 1.82) is 0 Å². The molecule has 1 fully saturated rings. The van der Waals surface area contributed by atoms with Gasteiger partial charge in [-0.25, -0.2) is 4.98 Å². The SMILES string of the molecule is O=C1COc2ccc(C(=O)N3CCCC3c3ncc[nH]3)cc2N1. The molecule has 1 saturated heterocycles. The van der Waals surface area contributed by atoms with Gasteiger partial charge in [0.05, 0.1) is 11.7 Å². The van der Waals surface area contributed by atoms with Crippen molar-refractivity contribution in [2.24, 2.45) is 0 Å². The summed E-state index contributed by atoms with van der Waals surface area (Å²) in [5.74, 6) is 1.12. The molecule has 2 aromatic rings.